The Morgan fingerprint density at radius 2 is 1.53 bits per heavy atom. The van der Waals surface area contributed by atoms with E-state index in [4.69, 9.17) is 11.6 Å². The average molecular weight is 455 g/mol. The zero-order valence-corrected chi connectivity index (χ0v) is 19.1. The largest absolute Gasteiger partial charge is 0.338 e. The number of anilines is 1. The van der Waals surface area contributed by atoms with Crippen LogP contribution in [0.4, 0.5) is 10.5 Å². The van der Waals surface area contributed by atoms with Crippen LogP contribution in [0.5, 0.6) is 0 Å². The lowest BCUT2D eigenvalue weighted by Gasteiger charge is -2.41. The summed E-state index contributed by atoms with van der Waals surface area (Å²) in [4.78, 5) is 30.6. The zero-order valence-electron chi connectivity index (χ0n) is 18.3. The highest BCUT2D eigenvalue weighted by Crippen LogP contribution is 2.24. The van der Waals surface area contributed by atoms with Crippen molar-refractivity contribution in [1.29, 1.82) is 0 Å². The van der Waals surface area contributed by atoms with E-state index in [0.29, 0.717) is 29.8 Å². The Morgan fingerprint density at radius 1 is 0.875 bits per heavy atom. The second kappa shape index (κ2) is 10.8. The Kier molecular flexibility index (Phi) is 7.66. The summed E-state index contributed by atoms with van der Waals surface area (Å²) in [6.45, 7) is 3.18. The van der Waals surface area contributed by atoms with E-state index in [-0.39, 0.29) is 5.91 Å². The summed E-state index contributed by atoms with van der Waals surface area (Å²) in [5.41, 5.74) is 1.39. The Labute approximate surface area is 194 Å². The third-order valence-corrected chi connectivity index (χ3v) is 6.73. The Morgan fingerprint density at radius 3 is 2.19 bits per heavy atom. The van der Waals surface area contributed by atoms with Gasteiger partial charge in [-0.3, -0.25) is 9.69 Å². The van der Waals surface area contributed by atoms with Crippen molar-refractivity contribution < 1.29 is 9.59 Å². The summed E-state index contributed by atoms with van der Waals surface area (Å²) in [5, 5.41) is 6.27. The maximum atomic E-state index is 13.5. The van der Waals surface area contributed by atoms with Gasteiger partial charge in [0.2, 0.25) is 5.91 Å². The molecule has 4 rings (SSSR count). The van der Waals surface area contributed by atoms with Crippen molar-refractivity contribution in [3.63, 3.8) is 0 Å². The molecule has 6 nitrogen and oxygen atoms in total. The first kappa shape index (κ1) is 22.6. The normalized spacial score (nSPS) is 18.7. The van der Waals surface area contributed by atoms with Gasteiger partial charge in [0.1, 0.15) is 6.04 Å². The van der Waals surface area contributed by atoms with Gasteiger partial charge in [-0.1, -0.05) is 61.2 Å². The van der Waals surface area contributed by atoms with Crippen LogP contribution in [0.15, 0.2) is 54.6 Å². The monoisotopic (exact) mass is 454 g/mol. The van der Waals surface area contributed by atoms with Gasteiger partial charge in [0.15, 0.2) is 0 Å². The van der Waals surface area contributed by atoms with E-state index >= 15 is 0 Å². The molecule has 1 saturated heterocycles. The molecule has 1 atom stereocenters. The fourth-order valence-corrected chi connectivity index (χ4v) is 4.83. The molecule has 2 fully saturated rings. The number of rotatable bonds is 5. The molecule has 2 N–H and O–H groups in total. The van der Waals surface area contributed by atoms with Crippen LogP contribution >= 0.6 is 11.6 Å². The van der Waals surface area contributed by atoms with Crippen LogP contribution in [0, 0.1) is 0 Å². The summed E-state index contributed by atoms with van der Waals surface area (Å²) in [6.07, 6.45) is 6.51. The first-order chi connectivity index (χ1) is 15.6. The topological polar surface area (TPSA) is 64.7 Å². The van der Waals surface area contributed by atoms with E-state index in [1.807, 2.05) is 35.2 Å². The van der Waals surface area contributed by atoms with Gasteiger partial charge < -0.3 is 15.5 Å². The first-order valence-electron chi connectivity index (χ1n) is 11.5. The zero-order chi connectivity index (χ0) is 22.3. The van der Waals surface area contributed by atoms with Crippen molar-refractivity contribution in [3.05, 3.63) is 65.2 Å². The molecule has 2 aromatic rings. The van der Waals surface area contributed by atoms with Crippen LogP contribution in [0.25, 0.3) is 0 Å². The van der Waals surface area contributed by atoms with E-state index in [1.54, 1.807) is 24.3 Å². The van der Waals surface area contributed by atoms with E-state index in [1.165, 1.54) is 32.1 Å². The minimum Gasteiger partial charge on any atom is -0.338 e. The molecule has 1 aliphatic heterocycles. The number of nitrogens with zero attached hydrogens (tertiary/aromatic N) is 2. The second-order valence-corrected chi connectivity index (χ2v) is 9.04. The molecule has 0 spiro atoms. The summed E-state index contributed by atoms with van der Waals surface area (Å²) >= 11 is 5.92. The summed E-state index contributed by atoms with van der Waals surface area (Å²) in [7, 11) is 0. The lowest BCUT2D eigenvalue weighted by molar-refractivity contribution is -0.135. The number of benzene rings is 2. The van der Waals surface area contributed by atoms with Gasteiger partial charge in [0.05, 0.1) is 0 Å². The van der Waals surface area contributed by atoms with Crippen molar-refractivity contribution in [2.75, 3.05) is 31.5 Å². The van der Waals surface area contributed by atoms with Crippen molar-refractivity contribution in [1.82, 2.24) is 15.1 Å². The molecule has 1 aliphatic carbocycles. The molecule has 7 heteroatoms. The Hall–Kier alpha value is -2.57. The van der Waals surface area contributed by atoms with Crippen LogP contribution in [-0.2, 0) is 4.79 Å². The molecule has 1 heterocycles. The summed E-state index contributed by atoms with van der Waals surface area (Å²) in [6, 6.07) is 15.8. The molecule has 0 aromatic heterocycles. The quantitative estimate of drug-likeness (QED) is 0.689. The van der Waals surface area contributed by atoms with Crippen molar-refractivity contribution >= 4 is 29.2 Å². The molecule has 3 amide bonds. The molecule has 2 aliphatic rings. The second-order valence-electron chi connectivity index (χ2n) is 8.60. The highest BCUT2D eigenvalue weighted by Gasteiger charge is 2.32. The van der Waals surface area contributed by atoms with Gasteiger partial charge in [0, 0.05) is 42.9 Å². The number of carbonyl (C=O) groups is 2. The fraction of sp³-hybridized carbons (Fsp3) is 0.440. The Balaban J connectivity index is 1.40. The summed E-state index contributed by atoms with van der Waals surface area (Å²) in [5.74, 6) is -0.0641. The highest BCUT2D eigenvalue weighted by molar-refractivity contribution is 6.30. The summed E-state index contributed by atoms with van der Waals surface area (Å²) < 4.78 is 0. The molecule has 32 heavy (non-hydrogen) atoms. The molecule has 0 radical (unpaired) electrons. The van der Waals surface area contributed by atoms with E-state index < -0.39 is 12.1 Å². The molecule has 0 unspecified atom stereocenters. The van der Waals surface area contributed by atoms with Crippen LogP contribution in [0.2, 0.25) is 5.02 Å². The smallest absolute Gasteiger partial charge is 0.320 e. The minimum atomic E-state index is -0.732. The number of piperazine rings is 1. The standard InChI is InChI=1S/C25H31ClN4O2/c26-20-11-13-21(14-12-20)27-25(32)28-23(19-7-3-1-4-8-19)24(31)30-17-15-29(16-18-30)22-9-5-2-6-10-22/h1,3-4,7-8,11-14,22-23H,2,5-6,9-10,15-18H2,(H2,27,28,32)/t23-/m1/s1. The predicted molar refractivity (Wildman–Crippen MR) is 128 cm³/mol. The number of carbonyl (C=O) groups excluding carboxylic acids is 2. The molecule has 170 valence electrons. The van der Waals surface area contributed by atoms with Crippen molar-refractivity contribution in [3.8, 4) is 0 Å². The van der Waals surface area contributed by atoms with Gasteiger partial charge in [-0.2, -0.15) is 0 Å². The van der Waals surface area contributed by atoms with Gasteiger partial charge in [-0.05, 0) is 42.7 Å². The van der Waals surface area contributed by atoms with Crippen LogP contribution in [0.3, 0.4) is 0 Å². The lowest BCUT2D eigenvalue weighted by Crippen LogP contribution is -2.54. The van der Waals surface area contributed by atoms with Crippen LogP contribution in [-0.4, -0.2) is 54.0 Å². The van der Waals surface area contributed by atoms with Gasteiger partial charge in [0.25, 0.3) is 0 Å². The number of hydrogen-bond acceptors (Lipinski definition) is 3. The highest BCUT2D eigenvalue weighted by atomic mass is 35.5. The fourth-order valence-electron chi connectivity index (χ4n) is 4.70. The maximum Gasteiger partial charge on any atom is 0.320 e. The van der Waals surface area contributed by atoms with Crippen molar-refractivity contribution in [2.24, 2.45) is 0 Å². The first-order valence-corrected chi connectivity index (χ1v) is 11.9. The number of amides is 3. The van der Waals surface area contributed by atoms with E-state index in [9.17, 15) is 9.59 Å². The third kappa shape index (κ3) is 5.81. The molecule has 2 aromatic carbocycles. The average Bonchev–Trinajstić information content (AvgIpc) is 2.85. The van der Waals surface area contributed by atoms with Crippen LogP contribution < -0.4 is 10.6 Å². The molecular formula is C25H31ClN4O2. The lowest BCUT2D eigenvalue weighted by atomic mass is 9.93. The number of halogens is 1. The molecule has 1 saturated carbocycles. The Bertz CT molecular complexity index is 892. The van der Waals surface area contributed by atoms with Gasteiger partial charge in [-0.25, -0.2) is 4.79 Å². The number of nitrogens with one attached hydrogen (secondary N) is 2. The van der Waals surface area contributed by atoms with E-state index in [0.717, 1.165) is 18.7 Å². The predicted octanol–water partition coefficient (Wildman–Crippen LogP) is 4.68. The maximum absolute atomic E-state index is 13.5. The van der Waals surface area contributed by atoms with E-state index in [2.05, 4.69) is 15.5 Å². The number of hydrogen-bond donors (Lipinski definition) is 2. The molecular weight excluding hydrogens is 424 g/mol. The number of urea groups is 1. The van der Waals surface area contributed by atoms with Gasteiger partial charge in [-0.15, -0.1) is 0 Å². The SMILES string of the molecule is O=C(Nc1ccc(Cl)cc1)N[C@@H](C(=O)N1CCN(C2CCCCC2)CC1)c1ccccc1. The minimum absolute atomic E-state index is 0.0641. The van der Waals surface area contributed by atoms with Crippen molar-refractivity contribution in [2.45, 2.75) is 44.2 Å². The van der Waals surface area contributed by atoms with Gasteiger partial charge >= 0.3 is 6.03 Å². The molecule has 0 bridgehead atoms. The van der Waals surface area contributed by atoms with Crippen LogP contribution in [0.1, 0.15) is 43.7 Å². The third-order valence-electron chi connectivity index (χ3n) is 6.47.